The number of guanidine groups is 1. The molecule has 1 atom stereocenters. The molecular weight excluding hydrogens is 288 g/mol. The summed E-state index contributed by atoms with van der Waals surface area (Å²) in [5.74, 6) is 0.502. The minimum absolute atomic E-state index is 0.502. The van der Waals surface area contributed by atoms with Crippen LogP contribution in [0.1, 0.15) is 31.2 Å². The van der Waals surface area contributed by atoms with E-state index in [0.29, 0.717) is 18.5 Å². The van der Waals surface area contributed by atoms with Crippen LogP contribution in [0.15, 0.2) is 29.4 Å². The SMILES string of the molecule is CCN1CCCC1CNC(N)=NCc1cn2c(C)cccc2n1. The summed E-state index contributed by atoms with van der Waals surface area (Å²) in [7, 11) is 0. The number of likely N-dealkylation sites (tertiary alicyclic amines) is 1. The Morgan fingerprint density at radius 1 is 1.48 bits per heavy atom. The van der Waals surface area contributed by atoms with E-state index in [1.54, 1.807) is 0 Å². The van der Waals surface area contributed by atoms with Crippen LogP contribution < -0.4 is 11.1 Å². The highest BCUT2D eigenvalue weighted by Gasteiger charge is 2.22. The Hall–Kier alpha value is -2.08. The summed E-state index contributed by atoms with van der Waals surface area (Å²) in [4.78, 5) is 11.5. The number of nitrogens with one attached hydrogen (secondary N) is 1. The van der Waals surface area contributed by atoms with Crippen molar-refractivity contribution >= 4 is 11.6 Å². The highest BCUT2D eigenvalue weighted by Crippen LogP contribution is 2.15. The maximum Gasteiger partial charge on any atom is 0.189 e. The van der Waals surface area contributed by atoms with Gasteiger partial charge in [0.25, 0.3) is 0 Å². The van der Waals surface area contributed by atoms with E-state index >= 15 is 0 Å². The normalized spacial score (nSPS) is 19.6. The van der Waals surface area contributed by atoms with Crippen LogP contribution in [0.2, 0.25) is 0 Å². The zero-order valence-electron chi connectivity index (χ0n) is 14.0. The topological polar surface area (TPSA) is 71.0 Å². The Kier molecular flexibility index (Phi) is 4.81. The zero-order chi connectivity index (χ0) is 16.2. The van der Waals surface area contributed by atoms with Gasteiger partial charge < -0.3 is 15.5 Å². The first-order chi connectivity index (χ1) is 11.2. The van der Waals surface area contributed by atoms with Crippen LogP contribution in [0.3, 0.4) is 0 Å². The van der Waals surface area contributed by atoms with E-state index < -0.39 is 0 Å². The summed E-state index contributed by atoms with van der Waals surface area (Å²) in [5.41, 5.74) is 9.04. The summed E-state index contributed by atoms with van der Waals surface area (Å²) < 4.78 is 2.08. The number of nitrogens with two attached hydrogens (primary N) is 1. The predicted octanol–water partition coefficient (Wildman–Crippen LogP) is 1.53. The zero-order valence-corrected chi connectivity index (χ0v) is 14.0. The monoisotopic (exact) mass is 314 g/mol. The van der Waals surface area contributed by atoms with Crippen molar-refractivity contribution in [3.63, 3.8) is 0 Å². The van der Waals surface area contributed by atoms with Gasteiger partial charge in [0.2, 0.25) is 0 Å². The highest BCUT2D eigenvalue weighted by molar-refractivity contribution is 5.77. The molecule has 0 amide bonds. The molecule has 3 N–H and O–H groups in total. The number of rotatable bonds is 5. The number of aromatic nitrogens is 2. The molecule has 0 aromatic carbocycles. The van der Waals surface area contributed by atoms with E-state index in [1.165, 1.54) is 19.4 Å². The standard InChI is InChI=1S/C17H26N6/c1-3-22-9-5-7-15(22)11-20-17(18)19-10-14-12-23-13(2)6-4-8-16(23)21-14/h4,6,8,12,15H,3,5,7,9-11H2,1-2H3,(H3,18,19,20). The third-order valence-electron chi connectivity index (χ3n) is 4.58. The minimum atomic E-state index is 0.502. The average molecular weight is 314 g/mol. The molecule has 1 aliphatic rings. The van der Waals surface area contributed by atoms with Gasteiger partial charge in [0.05, 0.1) is 12.2 Å². The quantitative estimate of drug-likeness (QED) is 0.648. The number of aliphatic imine (C=N–C) groups is 1. The summed E-state index contributed by atoms with van der Waals surface area (Å²) in [6, 6.07) is 6.66. The number of pyridine rings is 1. The van der Waals surface area contributed by atoms with Gasteiger partial charge in [0.15, 0.2) is 5.96 Å². The lowest BCUT2D eigenvalue weighted by molar-refractivity contribution is 0.267. The van der Waals surface area contributed by atoms with Crippen molar-refractivity contribution in [1.29, 1.82) is 0 Å². The molecule has 3 rings (SSSR count). The maximum atomic E-state index is 6.00. The van der Waals surface area contributed by atoms with Crippen LogP contribution >= 0.6 is 0 Å². The molecule has 1 fully saturated rings. The summed E-state index contributed by atoms with van der Waals surface area (Å²) in [6.45, 7) is 7.94. The second-order valence-corrected chi connectivity index (χ2v) is 6.13. The van der Waals surface area contributed by atoms with Crippen LogP contribution in [0, 0.1) is 6.92 Å². The van der Waals surface area contributed by atoms with Crippen molar-refractivity contribution in [2.24, 2.45) is 10.7 Å². The van der Waals surface area contributed by atoms with Crippen LogP contribution in [0.25, 0.3) is 5.65 Å². The predicted molar refractivity (Wildman–Crippen MR) is 93.5 cm³/mol. The van der Waals surface area contributed by atoms with E-state index in [0.717, 1.165) is 30.1 Å². The molecule has 0 saturated carbocycles. The van der Waals surface area contributed by atoms with Crippen molar-refractivity contribution in [1.82, 2.24) is 19.6 Å². The fraction of sp³-hybridized carbons (Fsp3) is 0.529. The van der Waals surface area contributed by atoms with Crippen molar-refractivity contribution in [2.45, 2.75) is 39.3 Å². The van der Waals surface area contributed by atoms with E-state index in [4.69, 9.17) is 5.73 Å². The number of imidazole rings is 1. The second-order valence-electron chi connectivity index (χ2n) is 6.13. The van der Waals surface area contributed by atoms with Gasteiger partial charge in [-0.15, -0.1) is 0 Å². The first-order valence-electron chi connectivity index (χ1n) is 8.39. The number of hydrogen-bond acceptors (Lipinski definition) is 3. The van der Waals surface area contributed by atoms with Crippen LogP contribution in [0.4, 0.5) is 0 Å². The Balaban J connectivity index is 1.57. The Labute approximate surface area is 137 Å². The van der Waals surface area contributed by atoms with Crippen molar-refractivity contribution in [2.75, 3.05) is 19.6 Å². The molecule has 0 bridgehead atoms. The lowest BCUT2D eigenvalue weighted by Gasteiger charge is -2.23. The molecule has 6 heteroatoms. The second kappa shape index (κ2) is 7.00. The fourth-order valence-corrected chi connectivity index (χ4v) is 3.26. The number of aryl methyl sites for hydroxylation is 1. The molecule has 23 heavy (non-hydrogen) atoms. The molecule has 0 radical (unpaired) electrons. The summed E-state index contributed by atoms with van der Waals surface area (Å²) in [5, 5.41) is 3.26. The third-order valence-corrected chi connectivity index (χ3v) is 4.58. The molecule has 6 nitrogen and oxygen atoms in total. The summed E-state index contributed by atoms with van der Waals surface area (Å²) in [6.07, 6.45) is 4.54. The van der Waals surface area contributed by atoms with Crippen molar-refractivity contribution < 1.29 is 0 Å². The number of likely N-dealkylation sites (N-methyl/N-ethyl adjacent to an activating group) is 1. The minimum Gasteiger partial charge on any atom is -0.370 e. The first kappa shape index (κ1) is 15.8. The van der Waals surface area contributed by atoms with Crippen LogP contribution in [0.5, 0.6) is 0 Å². The van der Waals surface area contributed by atoms with Gasteiger partial charge in [-0.1, -0.05) is 13.0 Å². The Bertz CT molecular complexity index is 689. The largest absolute Gasteiger partial charge is 0.370 e. The number of hydrogen-bond donors (Lipinski definition) is 2. The third kappa shape index (κ3) is 3.64. The molecule has 1 unspecified atom stereocenters. The Morgan fingerprint density at radius 2 is 2.35 bits per heavy atom. The first-order valence-corrected chi connectivity index (χ1v) is 8.39. The molecule has 0 aliphatic carbocycles. The molecule has 3 heterocycles. The van der Waals surface area contributed by atoms with E-state index in [1.807, 2.05) is 18.3 Å². The lowest BCUT2D eigenvalue weighted by Crippen LogP contribution is -2.42. The van der Waals surface area contributed by atoms with Gasteiger partial charge in [-0.05, 0) is 45.0 Å². The molecule has 124 valence electrons. The van der Waals surface area contributed by atoms with Crippen LogP contribution in [-0.2, 0) is 6.54 Å². The molecule has 1 saturated heterocycles. The molecule has 2 aromatic rings. The fourth-order valence-electron chi connectivity index (χ4n) is 3.26. The van der Waals surface area contributed by atoms with E-state index in [2.05, 4.69) is 44.5 Å². The van der Waals surface area contributed by atoms with Gasteiger partial charge in [-0.2, -0.15) is 0 Å². The van der Waals surface area contributed by atoms with Crippen molar-refractivity contribution in [3.05, 3.63) is 35.8 Å². The van der Waals surface area contributed by atoms with E-state index in [-0.39, 0.29) is 0 Å². The molecule has 1 aliphatic heterocycles. The molecular formula is C17H26N6. The maximum absolute atomic E-state index is 6.00. The van der Waals surface area contributed by atoms with Crippen molar-refractivity contribution in [3.8, 4) is 0 Å². The molecule has 2 aromatic heterocycles. The number of nitrogens with zero attached hydrogens (tertiary/aromatic N) is 4. The highest BCUT2D eigenvalue weighted by atomic mass is 15.2. The van der Waals surface area contributed by atoms with Gasteiger partial charge in [0.1, 0.15) is 5.65 Å². The number of fused-ring (bicyclic) bond motifs is 1. The van der Waals surface area contributed by atoms with E-state index in [9.17, 15) is 0 Å². The van der Waals surface area contributed by atoms with Gasteiger partial charge in [-0.3, -0.25) is 4.90 Å². The van der Waals surface area contributed by atoms with Gasteiger partial charge in [-0.25, -0.2) is 9.98 Å². The van der Waals surface area contributed by atoms with Gasteiger partial charge in [0, 0.05) is 24.5 Å². The average Bonchev–Trinajstić information content (AvgIpc) is 3.17. The summed E-state index contributed by atoms with van der Waals surface area (Å²) >= 11 is 0. The van der Waals surface area contributed by atoms with Gasteiger partial charge >= 0.3 is 0 Å². The van der Waals surface area contributed by atoms with Crippen LogP contribution in [-0.4, -0.2) is 45.9 Å². The smallest absolute Gasteiger partial charge is 0.189 e. The molecule has 0 spiro atoms. The lowest BCUT2D eigenvalue weighted by atomic mass is 10.2. The Morgan fingerprint density at radius 3 is 3.13 bits per heavy atom.